The molecule has 144 valence electrons. The van der Waals surface area contributed by atoms with Crippen LogP contribution in [0.4, 0.5) is 11.6 Å². The third kappa shape index (κ3) is 5.67. The van der Waals surface area contributed by atoms with E-state index in [4.69, 9.17) is 4.74 Å². The molecule has 1 aromatic heterocycles. The molecule has 0 spiro atoms. The molecule has 0 bridgehead atoms. The Kier molecular flexibility index (Phi) is 6.63. The maximum Gasteiger partial charge on any atom is 0.258 e. The van der Waals surface area contributed by atoms with Gasteiger partial charge in [-0.15, -0.1) is 0 Å². The highest BCUT2D eigenvalue weighted by atomic mass is 16.5. The largest absolute Gasteiger partial charge is 0.489 e. The van der Waals surface area contributed by atoms with Gasteiger partial charge in [0.1, 0.15) is 5.75 Å². The fraction of sp³-hybridized carbons (Fsp3) is 0.476. The van der Waals surface area contributed by atoms with E-state index >= 15 is 0 Å². The number of amides is 1. The summed E-state index contributed by atoms with van der Waals surface area (Å²) in [6, 6.07) is 7.82. The van der Waals surface area contributed by atoms with Gasteiger partial charge in [-0.05, 0) is 38.8 Å². The van der Waals surface area contributed by atoms with Gasteiger partial charge in [-0.1, -0.05) is 37.8 Å². The predicted molar refractivity (Wildman–Crippen MR) is 107 cm³/mol. The van der Waals surface area contributed by atoms with Crippen LogP contribution in [0.25, 0.3) is 0 Å². The van der Waals surface area contributed by atoms with Crippen LogP contribution in [0.3, 0.4) is 0 Å². The van der Waals surface area contributed by atoms with E-state index in [0.29, 0.717) is 29.0 Å². The number of carbonyl (C=O) groups excluding carboxylic acids is 1. The summed E-state index contributed by atoms with van der Waals surface area (Å²) in [6.45, 7) is 3.90. The first-order valence-electron chi connectivity index (χ1n) is 9.77. The molecule has 1 aliphatic rings. The minimum absolute atomic E-state index is 0.0285. The molecule has 1 aliphatic carbocycles. The van der Waals surface area contributed by atoms with Gasteiger partial charge in [0.15, 0.2) is 0 Å². The number of rotatable bonds is 6. The molecule has 0 aliphatic heterocycles. The van der Waals surface area contributed by atoms with Crippen LogP contribution in [-0.4, -0.2) is 28.0 Å². The fourth-order valence-corrected chi connectivity index (χ4v) is 3.25. The standard InChI is InChI=1S/C21H28N4O2/c1-15(2)27-19-12-8-7-11-18(19)25-20(26)16-13-22-21(23-14-16)24-17-9-5-3-4-6-10-17/h7-8,11-15,17H,3-6,9-10H2,1-2H3,(H,25,26)(H,22,23,24). The van der Waals surface area contributed by atoms with E-state index in [9.17, 15) is 4.79 Å². The number of carbonyl (C=O) groups is 1. The Morgan fingerprint density at radius 3 is 2.41 bits per heavy atom. The van der Waals surface area contributed by atoms with E-state index in [2.05, 4.69) is 20.6 Å². The molecule has 27 heavy (non-hydrogen) atoms. The van der Waals surface area contributed by atoms with Crippen molar-refractivity contribution in [3.8, 4) is 5.75 Å². The van der Waals surface area contributed by atoms with Crippen LogP contribution in [0, 0.1) is 0 Å². The summed E-state index contributed by atoms with van der Waals surface area (Å²) in [5.74, 6) is 0.978. The highest BCUT2D eigenvalue weighted by molar-refractivity contribution is 6.04. The van der Waals surface area contributed by atoms with Gasteiger partial charge in [0.2, 0.25) is 5.95 Å². The van der Waals surface area contributed by atoms with Crippen molar-refractivity contribution >= 4 is 17.5 Å². The van der Waals surface area contributed by atoms with Crippen molar-refractivity contribution in [1.82, 2.24) is 9.97 Å². The first-order valence-corrected chi connectivity index (χ1v) is 9.77. The normalized spacial score (nSPS) is 15.2. The first-order chi connectivity index (χ1) is 13.1. The summed E-state index contributed by atoms with van der Waals surface area (Å²) < 4.78 is 5.74. The maximum absolute atomic E-state index is 12.5. The minimum atomic E-state index is -0.254. The molecule has 0 saturated heterocycles. The molecule has 6 heteroatoms. The van der Waals surface area contributed by atoms with E-state index in [1.54, 1.807) is 12.4 Å². The Morgan fingerprint density at radius 1 is 1.07 bits per heavy atom. The van der Waals surface area contributed by atoms with Gasteiger partial charge >= 0.3 is 0 Å². The van der Waals surface area contributed by atoms with Crippen LogP contribution in [-0.2, 0) is 0 Å². The van der Waals surface area contributed by atoms with Crippen molar-refractivity contribution < 1.29 is 9.53 Å². The molecule has 3 rings (SSSR count). The zero-order chi connectivity index (χ0) is 19.1. The predicted octanol–water partition coefficient (Wildman–Crippen LogP) is 4.65. The lowest BCUT2D eigenvalue weighted by Crippen LogP contribution is -2.20. The number of hydrogen-bond acceptors (Lipinski definition) is 5. The molecular formula is C21H28N4O2. The summed E-state index contributed by atoms with van der Waals surface area (Å²) in [4.78, 5) is 21.2. The smallest absolute Gasteiger partial charge is 0.258 e. The molecule has 0 radical (unpaired) electrons. The van der Waals surface area contributed by atoms with Gasteiger partial charge < -0.3 is 15.4 Å². The van der Waals surface area contributed by atoms with Crippen LogP contribution in [0.2, 0.25) is 0 Å². The van der Waals surface area contributed by atoms with Crippen LogP contribution in [0.15, 0.2) is 36.7 Å². The average Bonchev–Trinajstić information content (AvgIpc) is 2.92. The van der Waals surface area contributed by atoms with Gasteiger partial charge in [-0.2, -0.15) is 0 Å². The average molecular weight is 368 g/mol. The van der Waals surface area contributed by atoms with E-state index in [1.165, 1.54) is 25.7 Å². The molecule has 1 aromatic carbocycles. The molecule has 0 unspecified atom stereocenters. The molecule has 1 saturated carbocycles. The third-order valence-electron chi connectivity index (χ3n) is 4.60. The van der Waals surface area contributed by atoms with Gasteiger partial charge in [-0.3, -0.25) is 4.79 Å². The van der Waals surface area contributed by atoms with Crippen molar-refractivity contribution in [2.24, 2.45) is 0 Å². The second-order valence-corrected chi connectivity index (χ2v) is 7.25. The fourth-order valence-electron chi connectivity index (χ4n) is 3.25. The lowest BCUT2D eigenvalue weighted by Gasteiger charge is -2.16. The Balaban J connectivity index is 1.62. The zero-order valence-corrected chi connectivity index (χ0v) is 16.1. The molecule has 1 amide bonds. The van der Waals surface area contributed by atoms with Crippen LogP contribution >= 0.6 is 0 Å². The number of anilines is 2. The lowest BCUT2D eigenvalue weighted by atomic mass is 10.1. The Morgan fingerprint density at radius 2 is 1.74 bits per heavy atom. The van der Waals surface area contributed by atoms with Crippen molar-refractivity contribution in [2.75, 3.05) is 10.6 Å². The molecular weight excluding hydrogens is 340 g/mol. The monoisotopic (exact) mass is 368 g/mol. The molecule has 1 fully saturated rings. The van der Waals surface area contributed by atoms with Crippen LogP contribution in [0.1, 0.15) is 62.7 Å². The summed E-state index contributed by atoms with van der Waals surface area (Å²) in [6.07, 6.45) is 10.6. The summed E-state index contributed by atoms with van der Waals surface area (Å²) in [7, 11) is 0. The van der Waals surface area contributed by atoms with Crippen LogP contribution < -0.4 is 15.4 Å². The van der Waals surface area contributed by atoms with E-state index < -0.39 is 0 Å². The van der Waals surface area contributed by atoms with Crippen molar-refractivity contribution in [3.05, 3.63) is 42.2 Å². The second kappa shape index (κ2) is 9.35. The minimum Gasteiger partial charge on any atom is -0.489 e. The molecule has 1 heterocycles. The Labute approximate surface area is 160 Å². The van der Waals surface area contributed by atoms with Crippen molar-refractivity contribution in [2.45, 2.75) is 64.5 Å². The molecule has 2 N–H and O–H groups in total. The molecule has 0 atom stereocenters. The third-order valence-corrected chi connectivity index (χ3v) is 4.60. The SMILES string of the molecule is CC(C)Oc1ccccc1NC(=O)c1cnc(NC2CCCCCC2)nc1. The summed E-state index contributed by atoms with van der Waals surface area (Å²) in [5, 5.41) is 6.27. The van der Waals surface area contributed by atoms with Crippen molar-refractivity contribution in [1.29, 1.82) is 0 Å². The number of benzene rings is 1. The summed E-state index contributed by atoms with van der Waals surface area (Å²) >= 11 is 0. The van der Waals surface area contributed by atoms with E-state index in [0.717, 1.165) is 12.8 Å². The second-order valence-electron chi connectivity index (χ2n) is 7.25. The Hall–Kier alpha value is -2.63. The number of nitrogens with one attached hydrogen (secondary N) is 2. The number of hydrogen-bond donors (Lipinski definition) is 2. The number of ether oxygens (including phenoxy) is 1. The van der Waals surface area contributed by atoms with E-state index in [1.807, 2.05) is 38.1 Å². The number of para-hydroxylation sites is 2. The van der Waals surface area contributed by atoms with Crippen LogP contribution in [0.5, 0.6) is 5.75 Å². The number of aromatic nitrogens is 2. The molecule has 6 nitrogen and oxygen atoms in total. The van der Waals surface area contributed by atoms with Gasteiger partial charge in [0.25, 0.3) is 5.91 Å². The Bertz CT molecular complexity index is 738. The quantitative estimate of drug-likeness (QED) is 0.726. The summed E-state index contributed by atoms with van der Waals surface area (Å²) in [5.41, 5.74) is 1.05. The maximum atomic E-state index is 12.5. The van der Waals surface area contributed by atoms with Crippen molar-refractivity contribution in [3.63, 3.8) is 0 Å². The molecule has 2 aromatic rings. The zero-order valence-electron chi connectivity index (χ0n) is 16.1. The first kappa shape index (κ1) is 19.1. The topological polar surface area (TPSA) is 76.1 Å². The lowest BCUT2D eigenvalue weighted by molar-refractivity contribution is 0.102. The van der Waals surface area contributed by atoms with E-state index in [-0.39, 0.29) is 12.0 Å². The van der Waals surface area contributed by atoms with Gasteiger partial charge in [-0.25, -0.2) is 9.97 Å². The highest BCUT2D eigenvalue weighted by Gasteiger charge is 2.15. The highest BCUT2D eigenvalue weighted by Crippen LogP contribution is 2.25. The van der Waals surface area contributed by atoms with Gasteiger partial charge in [0, 0.05) is 18.4 Å². The van der Waals surface area contributed by atoms with Gasteiger partial charge in [0.05, 0.1) is 17.4 Å². The number of nitrogens with zero attached hydrogens (tertiary/aromatic N) is 2.